The molecule has 2 aliphatic rings. The van der Waals surface area contributed by atoms with Crippen LogP contribution in [0.4, 0.5) is 0 Å². The summed E-state index contributed by atoms with van der Waals surface area (Å²) in [4.78, 5) is 2.39. The number of piperidine rings is 1. The van der Waals surface area contributed by atoms with Crippen LogP contribution in [0, 0.1) is 0 Å². The molecule has 1 aromatic rings. The number of aryl methyl sites for hydroxylation is 1. The first-order chi connectivity index (χ1) is 12.1. The molecule has 2 heterocycles. The highest BCUT2D eigenvalue weighted by molar-refractivity contribution is 7.87. The summed E-state index contributed by atoms with van der Waals surface area (Å²) in [6.07, 6.45) is 4.13. The van der Waals surface area contributed by atoms with Crippen LogP contribution in [0.3, 0.4) is 0 Å². The molecule has 0 spiro atoms. The average Bonchev–Trinajstić information content (AvgIpc) is 2.63. The Hall–Kier alpha value is -0.990. The molecule has 1 aromatic carbocycles. The maximum atomic E-state index is 12.5. The van der Waals surface area contributed by atoms with Gasteiger partial charge in [-0.15, -0.1) is 0 Å². The Morgan fingerprint density at radius 3 is 2.64 bits per heavy atom. The Morgan fingerprint density at radius 1 is 1.12 bits per heavy atom. The van der Waals surface area contributed by atoms with Crippen molar-refractivity contribution in [1.29, 1.82) is 0 Å². The first-order valence-corrected chi connectivity index (χ1v) is 10.7. The van der Waals surface area contributed by atoms with Gasteiger partial charge >= 0.3 is 0 Å². The maximum Gasteiger partial charge on any atom is 0.279 e. The summed E-state index contributed by atoms with van der Waals surface area (Å²) in [5.74, 6) is 0. The number of likely N-dealkylation sites (tertiary alicyclic amines) is 1. The van der Waals surface area contributed by atoms with Crippen molar-refractivity contribution in [1.82, 2.24) is 13.9 Å². The molecule has 3 rings (SSSR count). The van der Waals surface area contributed by atoms with Gasteiger partial charge in [-0.05, 0) is 44.3 Å². The molecule has 0 bridgehead atoms. The predicted octanol–water partition coefficient (Wildman–Crippen LogP) is 1.25. The number of nitrogens with zero attached hydrogens (tertiary/aromatic N) is 2. The van der Waals surface area contributed by atoms with E-state index in [2.05, 4.69) is 33.9 Å². The largest absolute Gasteiger partial charge is 0.379 e. The zero-order valence-electron chi connectivity index (χ0n) is 14.8. The monoisotopic (exact) mass is 367 g/mol. The van der Waals surface area contributed by atoms with E-state index in [9.17, 15) is 8.42 Å². The van der Waals surface area contributed by atoms with E-state index in [-0.39, 0.29) is 6.04 Å². The van der Waals surface area contributed by atoms with E-state index in [1.54, 1.807) is 0 Å². The van der Waals surface area contributed by atoms with E-state index < -0.39 is 10.2 Å². The molecule has 1 N–H and O–H groups in total. The summed E-state index contributed by atoms with van der Waals surface area (Å²) in [5.41, 5.74) is 1.36. The third-order valence-corrected chi connectivity index (χ3v) is 6.59. The molecule has 0 unspecified atom stereocenters. The zero-order valence-corrected chi connectivity index (χ0v) is 15.6. The zero-order chi connectivity index (χ0) is 17.5. The highest BCUT2D eigenvalue weighted by Gasteiger charge is 2.29. The Kier molecular flexibility index (Phi) is 6.84. The molecule has 6 nitrogen and oxygen atoms in total. The number of morpholine rings is 1. The lowest BCUT2D eigenvalue weighted by Gasteiger charge is -2.35. The molecule has 0 amide bonds. The number of ether oxygens (including phenoxy) is 1. The summed E-state index contributed by atoms with van der Waals surface area (Å²) >= 11 is 0. The molecule has 2 saturated heterocycles. The fraction of sp³-hybridized carbons (Fsp3) is 0.667. The summed E-state index contributed by atoms with van der Waals surface area (Å²) in [6, 6.07) is 10.5. The highest BCUT2D eigenvalue weighted by atomic mass is 32.2. The van der Waals surface area contributed by atoms with Crippen LogP contribution in [-0.2, 0) is 21.4 Å². The predicted molar refractivity (Wildman–Crippen MR) is 98.7 cm³/mol. The van der Waals surface area contributed by atoms with Crippen LogP contribution in [0.15, 0.2) is 30.3 Å². The summed E-state index contributed by atoms with van der Waals surface area (Å²) < 4.78 is 34.6. The number of hydrogen-bond acceptors (Lipinski definition) is 4. The van der Waals surface area contributed by atoms with E-state index in [4.69, 9.17) is 4.74 Å². The van der Waals surface area contributed by atoms with Gasteiger partial charge in [0.1, 0.15) is 0 Å². The van der Waals surface area contributed by atoms with Gasteiger partial charge in [-0.25, -0.2) is 0 Å². The lowest BCUT2D eigenvalue weighted by Crippen LogP contribution is -2.53. The second-order valence-electron chi connectivity index (χ2n) is 6.86. The van der Waals surface area contributed by atoms with Crippen LogP contribution < -0.4 is 4.72 Å². The number of benzene rings is 1. The minimum absolute atomic E-state index is 0.0123. The fourth-order valence-electron chi connectivity index (χ4n) is 3.58. The number of hydrogen-bond donors (Lipinski definition) is 1. The Bertz CT molecular complexity index is 618. The summed E-state index contributed by atoms with van der Waals surface area (Å²) in [5, 5.41) is 0. The number of rotatable bonds is 7. The van der Waals surface area contributed by atoms with Gasteiger partial charge in [0, 0.05) is 25.7 Å². The van der Waals surface area contributed by atoms with E-state index in [1.165, 1.54) is 9.87 Å². The van der Waals surface area contributed by atoms with Gasteiger partial charge < -0.3 is 9.64 Å². The van der Waals surface area contributed by atoms with Gasteiger partial charge in [0.05, 0.1) is 13.2 Å². The van der Waals surface area contributed by atoms with Crippen LogP contribution >= 0.6 is 0 Å². The molecule has 140 valence electrons. The molecule has 0 aliphatic carbocycles. The van der Waals surface area contributed by atoms with Crippen molar-refractivity contribution in [3.63, 3.8) is 0 Å². The molecule has 2 fully saturated rings. The van der Waals surface area contributed by atoms with Crippen LogP contribution in [0.2, 0.25) is 0 Å². The van der Waals surface area contributed by atoms with Crippen molar-refractivity contribution in [2.75, 3.05) is 45.9 Å². The van der Waals surface area contributed by atoms with Crippen LogP contribution in [0.25, 0.3) is 0 Å². The van der Waals surface area contributed by atoms with E-state index >= 15 is 0 Å². The summed E-state index contributed by atoms with van der Waals surface area (Å²) in [7, 11) is -3.39. The van der Waals surface area contributed by atoms with Crippen molar-refractivity contribution in [3.8, 4) is 0 Å². The van der Waals surface area contributed by atoms with Crippen molar-refractivity contribution in [3.05, 3.63) is 35.9 Å². The Balaban J connectivity index is 1.44. The topological polar surface area (TPSA) is 61.9 Å². The van der Waals surface area contributed by atoms with Gasteiger partial charge in [0.2, 0.25) is 0 Å². The molecule has 1 atom stereocenters. The lowest BCUT2D eigenvalue weighted by molar-refractivity contribution is 0.0720. The fourth-order valence-corrected chi connectivity index (χ4v) is 4.97. The minimum Gasteiger partial charge on any atom is -0.379 e. The van der Waals surface area contributed by atoms with E-state index in [1.807, 2.05) is 6.07 Å². The third kappa shape index (κ3) is 5.76. The van der Waals surface area contributed by atoms with E-state index in [0.717, 1.165) is 45.3 Å². The number of nitrogens with one attached hydrogen (secondary N) is 1. The second-order valence-corrected chi connectivity index (χ2v) is 8.57. The molecule has 0 saturated carbocycles. The molecule has 25 heavy (non-hydrogen) atoms. The first-order valence-electron chi connectivity index (χ1n) is 9.25. The standard InChI is InChI=1S/C18H29N3O3S/c22-25(23,21-12-14-24-15-13-21)19-18-9-5-11-20(16-18)10-4-8-17-6-2-1-3-7-17/h1-3,6-7,18-19H,4-5,8-16H2/t18-/m1/s1. The van der Waals surface area contributed by atoms with Crippen molar-refractivity contribution < 1.29 is 13.2 Å². The Labute approximate surface area is 151 Å². The van der Waals surface area contributed by atoms with Gasteiger partial charge in [-0.3, -0.25) is 0 Å². The quantitative estimate of drug-likeness (QED) is 0.788. The van der Waals surface area contributed by atoms with Gasteiger partial charge in [0.15, 0.2) is 0 Å². The maximum absolute atomic E-state index is 12.5. The van der Waals surface area contributed by atoms with Crippen molar-refractivity contribution in [2.24, 2.45) is 0 Å². The lowest BCUT2D eigenvalue weighted by atomic mass is 10.1. The molecule has 7 heteroatoms. The van der Waals surface area contributed by atoms with Gasteiger partial charge in [-0.1, -0.05) is 30.3 Å². The normalized spacial score (nSPS) is 23.6. The summed E-state index contributed by atoms with van der Waals surface area (Å²) in [6.45, 7) is 4.74. The van der Waals surface area contributed by atoms with Crippen molar-refractivity contribution in [2.45, 2.75) is 31.7 Å². The molecule has 0 radical (unpaired) electrons. The first kappa shape index (κ1) is 18.8. The minimum atomic E-state index is -3.39. The smallest absolute Gasteiger partial charge is 0.279 e. The molecular weight excluding hydrogens is 338 g/mol. The van der Waals surface area contributed by atoms with Crippen LogP contribution in [0.1, 0.15) is 24.8 Å². The van der Waals surface area contributed by atoms with Crippen LogP contribution in [-0.4, -0.2) is 69.6 Å². The van der Waals surface area contributed by atoms with Crippen LogP contribution in [0.5, 0.6) is 0 Å². The highest BCUT2D eigenvalue weighted by Crippen LogP contribution is 2.14. The molecule has 0 aromatic heterocycles. The van der Waals surface area contributed by atoms with Gasteiger partial charge in [-0.2, -0.15) is 17.4 Å². The molecular formula is C18H29N3O3S. The molecule has 2 aliphatic heterocycles. The van der Waals surface area contributed by atoms with E-state index in [0.29, 0.717) is 26.3 Å². The van der Waals surface area contributed by atoms with Crippen molar-refractivity contribution >= 4 is 10.2 Å². The SMILES string of the molecule is O=S(=O)(N[C@@H]1CCCN(CCCc2ccccc2)C1)N1CCOCC1. The second kappa shape index (κ2) is 9.09. The average molecular weight is 368 g/mol. The van der Waals surface area contributed by atoms with Gasteiger partial charge in [0.25, 0.3) is 10.2 Å². The third-order valence-electron chi connectivity index (χ3n) is 4.91. The Morgan fingerprint density at radius 2 is 1.88 bits per heavy atom.